The second kappa shape index (κ2) is 6.29. The Morgan fingerprint density at radius 3 is 2.41 bits per heavy atom. The number of aromatic nitrogens is 2. The van der Waals surface area contributed by atoms with Crippen molar-refractivity contribution in [1.29, 1.82) is 0 Å². The van der Waals surface area contributed by atoms with Crippen molar-refractivity contribution in [2.75, 3.05) is 32.7 Å². The first kappa shape index (κ1) is 16.0. The highest BCUT2D eigenvalue weighted by Gasteiger charge is 2.31. The van der Waals surface area contributed by atoms with Crippen LogP contribution in [0.15, 0.2) is 11.1 Å². The van der Waals surface area contributed by atoms with Gasteiger partial charge in [0, 0.05) is 32.4 Å². The van der Waals surface area contributed by atoms with E-state index < -0.39 is 10.0 Å². The minimum atomic E-state index is -3.41. The van der Waals surface area contributed by atoms with Gasteiger partial charge in [-0.3, -0.25) is 4.68 Å². The van der Waals surface area contributed by atoms with Gasteiger partial charge >= 0.3 is 0 Å². The van der Waals surface area contributed by atoms with Gasteiger partial charge in [0.25, 0.3) is 0 Å². The molecule has 0 N–H and O–H groups in total. The molecule has 22 heavy (non-hydrogen) atoms. The molecule has 2 heterocycles. The van der Waals surface area contributed by atoms with Crippen LogP contribution < -0.4 is 0 Å². The Hall–Kier alpha value is -0.920. The van der Waals surface area contributed by atoms with E-state index in [0.717, 1.165) is 32.5 Å². The van der Waals surface area contributed by atoms with Gasteiger partial charge in [-0.2, -0.15) is 9.40 Å². The van der Waals surface area contributed by atoms with Gasteiger partial charge in [0.1, 0.15) is 4.90 Å². The van der Waals surface area contributed by atoms with E-state index >= 15 is 0 Å². The van der Waals surface area contributed by atoms with Gasteiger partial charge in [0.05, 0.1) is 11.7 Å². The zero-order valence-electron chi connectivity index (χ0n) is 13.5. The highest BCUT2D eigenvalue weighted by atomic mass is 32.2. The minimum Gasteiger partial charge on any atom is -0.301 e. The lowest BCUT2D eigenvalue weighted by atomic mass is 10.3. The SMILES string of the molecule is CCN1CCN(S(=O)(=O)c2cn(C3CCCC3)nc2C)CC1. The van der Waals surface area contributed by atoms with Gasteiger partial charge < -0.3 is 4.90 Å². The Labute approximate surface area is 133 Å². The van der Waals surface area contributed by atoms with Crippen LogP contribution in [-0.4, -0.2) is 60.1 Å². The van der Waals surface area contributed by atoms with Crippen molar-refractivity contribution < 1.29 is 8.42 Å². The van der Waals surface area contributed by atoms with Gasteiger partial charge in [0.2, 0.25) is 10.0 Å². The lowest BCUT2D eigenvalue weighted by Crippen LogP contribution is -2.48. The summed E-state index contributed by atoms with van der Waals surface area (Å²) in [5.41, 5.74) is 0.629. The van der Waals surface area contributed by atoms with E-state index in [2.05, 4.69) is 16.9 Å². The Morgan fingerprint density at radius 2 is 1.82 bits per heavy atom. The summed E-state index contributed by atoms with van der Waals surface area (Å²) in [7, 11) is -3.41. The summed E-state index contributed by atoms with van der Waals surface area (Å²) in [6, 6.07) is 0.375. The van der Waals surface area contributed by atoms with Gasteiger partial charge in [-0.25, -0.2) is 8.42 Å². The van der Waals surface area contributed by atoms with Gasteiger partial charge in [-0.1, -0.05) is 19.8 Å². The Balaban J connectivity index is 1.80. The zero-order valence-corrected chi connectivity index (χ0v) is 14.3. The topological polar surface area (TPSA) is 58.4 Å². The zero-order chi connectivity index (χ0) is 15.7. The van der Waals surface area contributed by atoms with Gasteiger partial charge in [0.15, 0.2) is 0 Å². The number of nitrogens with zero attached hydrogens (tertiary/aromatic N) is 4. The van der Waals surface area contributed by atoms with Crippen molar-refractivity contribution in [3.63, 3.8) is 0 Å². The van der Waals surface area contributed by atoms with Crippen molar-refractivity contribution >= 4 is 10.0 Å². The van der Waals surface area contributed by atoms with Crippen LogP contribution in [0.3, 0.4) is 0 Å². The third-order valence-corrected chi connectivity index (χ3v) is 6.97. The molecule has 1 aliphatic carbocycles. The van der Waals surface area contributed by atoms with Crippen LogP contribution in [0.25, 0.3) is 0 Å². The highest BCUT2D eigenvalue weighted by molar-refractivity contribution is 7.89. The monoisotopic (exact) mass is 326 g/mol. The molecule has 3 rings (SSSR count). The Morgan fingerprint density at radius 1 is 1.18 bits per heavy atom. The van der Waals surface area contributed by atoms with Crippen molar-refractivity contribution in [2.45, 2.75) is 50.5 Å². The fourth-order valence-electron chi connectivity index (χ4n) is 3.50. The predicted octanol–water partition coefficient (Wildman–Crippen LogP) is 1.63. The molecule has 0 amide bonds. The first-order valence-electron chi connectivity index (χ1n) is 8.30. The molecule has 1 aliphatic heterocycles. The average molecular weight is 326 g/mol. The summed E-state index contributed by atoms with van der Waals surface area (Å²) >= 11 is 0. The molecule has 1 aromatic heterocycles. The molecular formula is C15H26N4O2S. The summed E-state index contributed by atoms with van der Waals surface area (Å²) in [5, 5.41) is 4.49. The number of likely N-dealkylation sites (N-methyl/N-ethyl adjacent to an activating group) is 1. The van der Waals surface area contributed by atoms with E-state index in [1.807, 2.05) is 4.68 Å². The summed E-state index contributed by atoms with van der Waals surface area (Å²) in [6.45, 7) is 7.67. The fourth-order valence-corrected chi connectivity index (χ4v) is 5.08. The minimum absolute atomic E-state index is 0.375. The van der Waals surface area contributed by atoms with Crippen LogP contribution in [0.2, 0.25) is 0 Å². The molecule has 0 atom stereocenters. The van der Waals surface area contributed by atoms with Gasteiger partial charge in [-0.05, 0) is 26.3 Å². The van der Waals surface area contributed by atoms with Crippen molar-refractivity contribution in [3.8, 4) is 0 Å². The summed E-state index contributed by atoms with van der Waals surface area (Å²) in [6.07, 6.45) is 6.40. The van der Waals surface area contributed by atoms with Crippen LogP contribution in [0.1, 0.15) is 44.3 Å². The highest BCUT2D eigenvalue weighted by Crippen LogP contribution is 2.31. The molecule has 2 aliphatic rings. The maximum absolute atomic E-state index is 12.9. The maximum atomic E-state index is 12.9. The van der Waals surface area contributed by atoms with Crippen molar-refractivity contribution in [2.24, 2.45) is 0 Å². The number of hydrogen-bond acceptors (Lipinski definition) is 4. The van der Waals surface area contributed by atoms with Crippen molar-refractivity contribution in [1.82, 2.24) is 19.0 Å². The quantitative estimate of drug-likeness (QED) is 0.844. The molecule has 7 heteroatoms. The second-order valence-corrected chi connectivity index (χ2v) is 8.24. The Kier molecular flexibility index (Phi) is 4.56. The molecule has 2 fully saturated rings. The molecule has 1 saturated heterocycles. The standard InChI is InChI=1S/C15H26N4O2S/c1-3-17-8-10-18(11-9-17)22(20,21)15-12-19(16-13(15)2)14-6-4-5-7-14/h12,14H,3-11H2,1-2H3. The van der Waals surface area contributed by atoms with Crippen LogP contribution in [0.5, 0.6) is 0 Å². The average Bonchev–Trinajstić information content (AvgIpc) is 3.16. The van der Waals surface area contributed by atoms with Crippen LogP contribution >= 0.6 is 0 Å². The van der Waals surface area contributed by atoms with E-state index in [1.165, 1.54) is 12.8 Å². The number of piperazine rings is 1. The van der Waals surface area contributed by atoms with E-state index in [0.29, 0.717) is 29.7 Å². The normalized spacial score (nSPS) is 22.5. The summed E-state index contributed by atoms with van der Waals surface area (Å²) in [5.74, 6) is 0. The van der Waals surface area contributed by atoms with Crippen LogP contribution in [0, 0.1) is 6.92 Å². The second-order valence-electron chi connectivity index (χ2n) is 6.34. The molecule has 0 spiro atoms. The molecule has 6 nitrogen and oxygen atoms in total. The number of sulfonamides is 1. The molecule has 0 bridgehead atoms. The molecule has 1 aromatic rings. The lowest BCUT2D eigenvalue weighted by molar-refractivity contribution is 0.196. The summed E-state index contributed by atoms with van der Waals surface area (Å²) < 4.78 is 29.3. The maximum Gasteiger partial charge on any atom is 0.246 e. The third kappa shape index (κ3) is 2.94. The molecule has 124 valence electrons. The smallest absolute Gasteiger partial charge is 0.246 e. The number of aryl methyl sites for hydroxylation is 1. The van der Waals surface area contributed by atoms with Gasteiger partial charge in [-0.15, -0.1) is 0 Å². The van der Waals surface area contributed by atoms with E-state index in [1.54, 1.807) is 17.4 Å². The lowest BCUT2D eigenvalue weighted by Gasteiger charge is -2.33. The third-order valence-electron chi connectivity index (χ3n) is 4.97. The predicted molar refractivity (Wildman–Crippen MR) is 85.3 cm³/mol. The molecular weight excluding hydrogens is 300 g/mol. The first-order chi connectivity index (χ1) is 10.5. The summed E-state index contributed by atoms with van der Waals surface area (Å²) in [4.78, 5) is 2.67. The van der Waals surface area contributed by atoms with Crippen LogP contribution in [-0.2, 0) is 10.0 Å². The van der Waals surface area contributed by atoms with Crippen molar-refractivity contribution in [3.05, 3.63) is 11.9 Å². The van der Waals surface area contributed by atoms with E-state index in [-0.39, 0.29) is 0 Å². The number of rotatable bonds is 4. The number of hydrogen-bond donors (Lipinski definition) is 0. The Bertz CT molecular complexity index is 611. The largest absolute Gasteiger partial charge is 0.301 e. The molecule has 1 saturated carbocycles. The van der Waals surface area contributed by atoms with Crippen LogP contribution in [0.4, 0.5) is 0 Å². The first-order valence-corrected chi connectivity index (χ1v) is 9.74. The molecule has 0 aromatic carbocycles. The van der Waals surface area contributed by atoms with E-state index in [9.17, 15) is 8.42 Å². The van der Waals surface area contributed by atoms with E-state index in [4.69, 9.17) is 0 Å². The molecule has 0 unspecified atom stereocenters. The molecule has 0 radical (unpaired) electrons. The fraction of sp³-hybridized carbons (Fsp3) is 0.800.